The molecule has 35 heavy (non-hydrogen) atoms. The van der Waals surface area contributed by atoms with Gasteiger partial charge in [0.2, 0.25) is 5.95 Å². The Morgan fingerprint density at radius 1 is 1.00 bits per heavy atom. The highest BCUT2D eigenvalue weighted by atomic mass is 19.1. The van der Waals surface area contributed by atoms with Gasteiger partial charge in [0.05, 0.1) is 29.0 Å². The standard InChI is InChI=1S/C27H27F2N5O/c1-17-15-20(29)7-8-22(17)32-26-30-14-11-23(33-26)25-24(18-3-5-19(28)6-4-18)31-16-34(25)21-9-12-27(2,35)13-10-21/h3-8,11,14-16,21,35H,9-10,12-13H2,1-2H3,(H,30,32,33). The molecular weight excluding hydrogens is 448 g/mol. The van der Waals surface area contributed by atoms with Gasteiger partial charge in [0.1, 0.15) is 11.6 Å². The van der Waals surface area contributed by atoms with Crippen LogP contribution in [0, 0.1) is 18.6 Å². The van der Waals surface area contributed by atoms with Crippen molar-refractivity contribution < 1.29 is 13.9 Å². The summed E-state index contributed by atoms with van der Waals surface area (Å²) in [5.41, 5.74) is 3.75. The van der Waals surface area contributed by atoms with E-state index in [1.54, 1.807) is 30.7 Å². The Morgan fingerprint density at radius 2 is 1.71 bits per heavy atom. The van der Waals surface area contributed by atoms with Crippen LogP contribution in [0.3, 0.4) is 0 Å². The monoisotopic (exact) mass is 475 g/mol. The van der Waals surface area contributed by atoms with Crippen LogP contribution in [0.4, 0.5) is 20.4 Å². The lowest BCUT2D eigenvalue weighted by Gasteiger charge is -2.34. The lowest BCUT2D eigenvalue weighted by Crippen LogP contribution is -2.31. The predicted octanol–water partition coefficient (Wildman–Crippen LogP) is 6.20. The Bertz CT molecular complexity index is 1340. The Hall–Kier alpha value is -3.65. The zero-order valence-electron chi connectivity index (χ0n) is 19.7. The first-order chi connectivity index (χ1) is 16.8. The van der Waals surface area contributed by atoms with Gasteiger partial charge in [-0.1, -0.05) is 0 Å². The average Bonchev–Trinajstić information content (AvgIpc) is 3.27. The second-order valence-corrected chi connectivity index (χ2v) is 9.43. The molecule has 2 N–H and O–H groups in total. The minimum absolute atomic E-state index is 0.151. The zero-order valence-corrected chi connectivity index (χ0v) is 19.7. The van der Waals surface area contributed by atoms with Crippen LogP contribution in [0.2, 0.25) is 0 Å². The number of imidazole rings is 1. The molecule has 2 aromatic carbocycles. The van der Waals surface area contributed by atoms with Crippen LogP contribution in [-0.2, 0) is 0 Å². The van der Waals surface area contributed by atoms with E-state index in [-0.39, 0.29) is 17.7 Å². The fourth-order valence-corrected chi connectivity index (χ4v) is 4.65. The summed E-state index contributed by atoms with van der Waals surface area (Å²) in [6.45, 7) is 3.69. The molecule has 0 radical (unpaired) electrons. The summed E-state index contributed by atoms with van der Waals surface area (Å²) in [6.07, 6.45) is 6.48. The Morgan fingerprint density at radius 3 is 2.43 bits per heavy atom. The number of benzene rings is 2. The Labute approximate surface area is 202 Å². The minimum Gasteiger partial charge on any atom is -0.390 e. The van der Waals surface area contributed by atoms with E-state index in [0.29, 0.717) is 35.9 Å². The molecule has 0 bridgehead atoms. The second-order valence-electron chi connectivity index (χ2n) is 9.43. The maximum atomic E-state index is 13.6. The fourth-order valence-electron chi connectivity index (χ4n) is 4.65. The molecule has 2 aromatic heterocycles. The molecule has 4 aromatic rings. The summed E-state index contributed by atoms with van der Waals surface area (Å²) < 4.78 is 29.3. The van der Waals surface area contributed by atoms with Gasteiger partial charge in [-0.15, -0.1) is 0 Å². The summed E-state index contributed by atoms with van der Waals surface area (Å²) in [4.78, 5) is 13.8. The molecule has 6 nitrogen and oxygen atoms in total. The van der Waals surface area contributed by atoms with Crippen molar-refractivity contribution in [3.8, 4) is 22.6 Å². The number of nitrogens with one attached hydrogen (secondary N) is 1. The highest BCUT2D eigenvalue weighted by molar-refractivity contribution is 5.77. The smallest absolute Gasteiger partial charge is 0.227 e. The van der Waals surface area contributed by atoms with Crippen molar-refractivity contribution in [2.24, 2.45) is 0 Å². The lowest BCUT2D eigenvalue weighted by atomic mass is 9.83. The highest BCUT2D eigenvalue weighted by Gasteiger charge is 2.31. The van der Waals surface area contributed by atoms with Gasteiger partial charge in [-0.2, -0.15) is 0 Å². The molecule has 0 amide bonds. The molecule has 5 rings (SSSR count). The number of hydrogen-bond acceptors (Lipinski definition) is 5. The van der Waals surface area contributed by atoms with Gasteiger partial charge in [0.25, 0.3) is 0 Å². The molecule has 0 spiro atoms. The highest BCUT2D eigenvalue weighted by Crippen LogP contribution is 2.40. The van der Waals surface area contributed by atoms with Gasteiger partial charge in [-0.05, 0) is 93.6 Å². The van der Waals surface area contributed by atoms with E-state index >= 15 is 0 Å². The van der Waals surface area contributed by atoms with E-state index < -0.39 is 5.60 Å². The van der Waals surface area contributed by atoms with Crippen LogP contribution >= 0.6 is 0 Å². The van der Waals surface area contributed by atoms with E-state index in [4.69, 9.17) is 9.97 Å². The Balaban J connectivity index is 1.56. The van der Waals surface area contributed by atoms with Crippen molar-refractivity contribution in [2.75, 3.05) is 5.32 Å². The number of halogens is 2. The topological polar surface area (TPSA) is 75.9 Å². The van der Waals surface area contributed by atoms with E-state index in [2.05, 4.69) is 14.9 Å². The zero-order chi connectivity index (χ0) is 24.6. The number of anilines is 2. The molecule has 0 unspecified atom stereocenters. The number of nitrogens with zero attached hydrogens (tertiary/aromatic N) is 4. The fraction of sp³-hybridized carbons (Fsp3) is 0.296. The number of aromatic nitrogens is 4. The van der Waals surface area contributed by atoms with Crippen molar-refractivity contribution in [1.29, 1.82) is 0 Å². The van der Waals surface area contributed by atoms with Gasteiger partial charge in [-0.3, -0.25) is 0 Å². The first kappa shape index (κ1) is 23.1. The third-order valence-corrected chi connectivity index (χ3v) is 6.67. The molecule has 1 saturated carbocycles. The lowest BCUT2D eigenvalue weighted by molar-refractivity contribution is 0.0101. The van der Waals surface area contributed by atoms with Gasteiger partial charge in [0, 0.05) is 23.5 Å². The number of aliphatic hydroxyl groups is 1. The molecule has 1 aliphatic rings. The molecule has 2 heterocycles. The quantitative estimate of drug-likeness (QED) is 0.359. The van der Waals surface area contributed by atoms with Gasteiger partial charge < -0.3 is 15.0 Å². The van der Waals surface area contributed by atoms with Crippen molar-refractivity contribution >= 4 is 11.6 Å². The Kier molecular flexibility index (Phi) is 6.06. The van der Waals surface area contributed by atoms with Crippen molar-refractivity contribution in [3.63, 3.8) is 0 Å². The summed E-state index contributed by atoms with van der Waals surface area (Å²) in [6, 6.07) is 12.7. The van der Waals surface area contributed by atoms with Gasteiger partial charge in [-0.25, -0.2) is 23.7 Å². The summed E-state index contributed by atoms with van der Waals surface area (Å²) in [7, 11) is 0. The molecular formula is C27H27F2N5O. The average molecular weight is 476 g/mol. The van der Waals surface area contributed by atoms with E-state index in [0.717, 1.165) is 29.7 Å². The number of aryl methyl sites for hydroxylation is 1. The van der Waals surface area contributed by atoms with Crippen molar-refractivity contribution in [3.05, 3.63) is 78.3 Å². The third kappa shape index (κ3) is 4.93. The van der Waals surface area contributed by atoms with Crippen molar-refractivity contribution in [2.45, 2.75) is 51.2 Å². The van der Waals surface area contributed by atoms with Crippen LogP contribution < -0.4 is 5.32 Å². The maximum Gasteiger partial charge on any atom is 0.227 e. The van der Waals surface area contributed by atoms with Crippen LogP contribution in [0.25, 0.3) is 22.6 Å². The van der Waals surface area contributed by atoms with Crippen LogP contribution in [0.15, 0.2) is 61.1 Å². The van der Waals surface area contributed by atoms with Crippen LogP contribution in [0.5, 0.6) is 0 Å². The van der Waals surface area contributed by atoms with Crippen molar-refractivity contribution in [1.82, 2.24) is 19.5 Å². The molecule has 0 saturated heterocycles. The molecule has 8 heteroatoms. The SMILES string of the molecule is Cc1cc(F)ccc1Nc1nccc(-c2c(-c3ccc(F)cc3)ncn2C2CCC(C)(O)CC2)n1. The van der Waals surface area contributed by atoms with Gasteiger partial charge >= 0.3 is 0 Å². The minimum atomic E-state index is -0.657. The largest absolute Gasteiger partial charge is 0.390 e. The number of hydrogen-bond donors (Lipinski definition) is 2. The van der Waals surface area contributed by atoms with E-state index in [1.165, 1.54) is 24.3 Å². The predicted molar refractivity (Wildman–Crippen MR) is 131 cm³/mol. The molecule has 1 fully saturated rings. The van der Waals surface area contributed by atoms with E-state index in [9.17, 15) is 13.9 Å². The first-order valence-electron chi connectivity index (χ1n) is 11.7. The summed E-state index contributed by atoms with van der Waals surface area (Å²) >= 11 is 0. The van der Waals surface area contributed by atoms with Gasteiger partial charge in [0.15, 0.2) is 0 Å². The molecule has 180 valence electrons. The molecule has 0 aliphatic heterocycles. The summed E-state index contributed by atoms with van der Waals surface area (Å²) in [5.74, 6) is -0.240. The normalized spacial score (nSPS) is 20.1. The maximum absolute atomic E-state index is 13.6. The number of rotatable bonds is 5. The second kappa shape index (κ2) is 9.19. The summed E-state index contributed by atoms with van der Waals surface area (Å²) in [5, 5.41) is 13.6. The molecule has 0 atom stereocenters. The molecule has 1 aliphatic carbocycles. The van der Waals surface area contributed by atoms with E-state index in [1.807, 2.05) is 19.9 Å². The van der Waals surface area contributed by atoms with Crippen LogP contribution in [0.1, 0.15) is 44.2 Å². The third-order valence-electron chi connectivity index (χ3n) is 6.67. The first-order valence-corrected chi connectivity index (χ1v) is 11.7. The van der Waals surface area contributed by atoms with Crippen LogP contribution in [-0.4, -0.2) is 30.2 Å².